The molecule has 0 aromatic carbocycles. The van der Waals surface area contributed by atoms with Gasteiger partial charge in [-0.25, -0.2) is 0 Å². The lowest BCUT2D eigenvalue weighted by Gasteiger charge is -2.01. The number of aryl methyl sites for hydroxylation is 1. The lowest BCUT2D eigenvalue weighted by atomic mass is 10.1. The van der Waals surface area contributed by atoms with E-state index in [1.54, 1.807) is 12.4 Å². The van der Waals surface area contributed by atoms with Crippen molar-refractivity contribution < 1.29 is 0 Å². The molecule has 1 radical (unpaired) electrons. The van der Waals surface area contributed by atoms with Crippen LogP contribution in [0.1, 0.15) is 5.69 Å². The molecule has 0 saturated carbocycles. The molecule has 2 aromatic rings. The molecule has 63 valence electrons. The molecule has 0 saturated heterocycles. The van der Waals surface area contributed by atoms with E-state index >= 15 is 0 Å². The molecule has 0 aliphatic heterocycles. The fraction of sp³-hybridized carbons (Fsp3) is 0.0909. The van der Waals surface area contributed by atoms with Gasteiger partial charge in [-0.3, -0.25) is 9.97 Å². The smallest absolute Gasteiger partial charge is 0.0720 e. The molecule has 0 amide bonds. The van der Waals surface area contributed by atoms with Gasteiger partial charge in [0, 0.05) is 29.7 Å². The molecular weight excluding hydrogens is 160 g/mol. The maximum Gasteiger partial charge on any atom is 0.0720 e. The molecule has 0 unspecified atom stereocenters. The second-order valence-electron chi connectivity index (χ2n) is 2.78. The minimum Gasteiger partial charge on any atom is -0.260 e. The Morgan fingerprint density at radius 3 is 2.85 bits per heavy atom. The molecule has 0 aliphatic carbocycles. The van der Waals surface area contributed by atoms with Gasteiger partial charge in [0.2, 0.25) is 0 Å². The molecule has 0 atom stereocenters. The van der Waals surface area contributed by atoms with Gasteiger partial charge in [0.05, 0.1) is 5.69 Å². The van der Waals surface area contributed by atoms with E-state index in [9.17, 15) is 0 Å². The average molecular weight is 169 g/mol. The monoisotopic (exact) mass is 169 g/mol. The first-order chi connectivity index (χ1) is 6.38. The van der Waals surface area contributed by atoms with Gasteiger partial charge < -0.3 is 0 Å². The molecule has 2 heterocycles. The minimum atomic E-state index is 0.948. The Hall–Kier alpha value is -1.70. The van der Waals surface area contributed by atoms with Gasteiger partial charge in [-0.1, -0.05) is 6.07 Å². The van der Waals surface area contributed by atoms with Crippen LogP contribution in [-0.2, 0) is 0 Å². The fourth-order valence-electron chi connectivity index (χ4n) is 1.21. The first-order valence-corrected chi connectivity index (χ1v) is 4.12. The van der Waals surface area contributed by atoms with Crippen LogP contribution in [0.2, 0.25) is 0 Å². The summed E-state index contributed by atoms with van der Waals surface area (Å²) in [5.41, 5.74) is 2.98. The quantitative estimate of drug-likeness (QED) is 0.654. The molecule has 0 bridgehead atoms. The summed E-state index contributed by atoms with van der Waals surface area (Å²) in [6, 6.07) is 10.7. The van der Waals surface area contributed by atoms with Crippen molar-refractivity contribution in [2.45, 2.75) is 6.92 Å². The van der Waals surface area contributed by atoms with Crippen molar-refractivity contribution in [3.63, 3.8) is 0 Å². The topological polar surface area (TPSA) is 25.8 Å². The highest BCUT2D eigenvalue weighted by Crippen LogP contribution is 2.17. The second kappa shape index (κ2) is 3.35. The molecule has 0 N–H and O–H groups in total. The third-order valence-corrected chi connectivity index (χ3v) is 1.89. The molecule has 0 spiro atoms. The van der Waals surface area contributed by atoms with Crippen LogP contribution in [0.4, 0.5) is 0 Å². The van der Waals surface area contributed by atoms with Gasteiger partial charge in [0.1, 0.15) is 0 Å². The van der Waals surface area contributed by atoms with Crippen LogP contribution in [0.25, 0.3) is 11.3 Å². The molecule has 2 aromatic heterocycles. The number of rotatable bonds is 1. The Kier molecular flexibility index (Phi) is 2.04. The third kappa shape index (κ3) is 1.56. The van der Waals surface area contributed by atoms with Gasteiger partial charge in [-0.15, -0.1) is 0 Å². The number of pyridine rings is 2. The second-order valence-corrected chi connectivity index (χ2v) is 2.78. The van der Waals surface area contributed by atoms with Crippen LogP contribution in [0.5, 0.6) is 0 Å². The zero-order chi connectivity index (χ0) is 9.10. The normalized spacial score (nSPS) is 9.92. The Balaban J connectivity index is 2.54. The van der Waals surface area contributed by atoms with Gasteiger partial charge in [0.25, 0.3) is 0 Å². The Bertz CT molecular complexity index is 396. The van der Waals surface area contributed by atoms with Crippen molar-refractivity contribution in [3.8, 4) is 11.3 Å². The van der Waals surface area contributed by atoms with E-state index in [1.807, 2.05) is 31.2 Å². The van der Waals surface area contributed by atoms with Crippen LogP contribution in [-0.4, -0.2) is 9.97 Å². The predicted octanol–water partition coefficient (Wildman–Crippen LogP) is 2.25. The minimum absolute atomic E-state index is 0.948. The third-order valence-electron chi connectivity index (χ3n) is 1.89. The maximum atomic E-state index is 4.25. The van der Waals surface area contributed by atoms with Gasteiger partial charge in [0.15, 0.2) is 0 Å². The first-order valence-electron chi connectivity index (χ1n) is 4.12. The molecule has 2 heteroatoms. The first kappa shape index (κ1) is 7.92. The van der Waals surface area contributed by atoms with Crippen molar-refractivity contribution in [1.29, 1.82) is 0 Å². The molecule has 0 fully saturated rings. The number of aromatic nitrogens is 2. The standard InChI is InChI=1S/C11H9N2/c1-9-10(5-4-8-12-9)11-6-2-3-7-13-11/h2-3,5-8H,1H3. The fourth-order valence-corrected chi connectivity index (χ4v) is 1.21. The Morgan fingerprint density at radius 2 is 2.15 bits per heavy atom. The Labute approximate surface area is 77.3 Å². The summed E-state index contributed by atoms with van der Waals surface area (Å²) >= 11 is 0. The lowest BCUT2D eigenvalue weighted by molar-refractivity contribution is 1.18. The highest BCUT2D eigenvalue weighted by molar-refractivity contribution is 5.60. The molecular formula is C11H9N2. The zero-order valence-corrected chi connectivity index (χ0v) is 7.36. The summed E-state index contributed by atoms with van der Waals surface area (Å²) in [5, 5.41) is 0. The van der Waals surface area contributed by atoms with Crippen molar-refractivity contribution >= 4 is 0 Å². The van der Waals surface area contributed by atoms with E-state index in [4.69, 9.17) is 0 Å². The number of hydrogen-bond donors (Lipinski definition) is 0. The number of nitrogens with zero attached hydrogens (tertiary/aromatic N) is 2. The van der Waals surface area contributed by atoms with Crippen LogP contribution in [0.3, 0.4) is 0 Å². The van der Waals surface area contributed by atoms with Crippen LogP contribution < -0.4 is 0 Å². The van der Waals surface area contributed by atoms with Crippen molar-refractivity contribution in [3.05, 3.63) is 48.4 Å². The maximum absolute atomic E-state index is 4.25. The van der Waals surface area contributed by atoms with Crippen molar-refractivity contribution in [2.75, 3.05) is 0 Å². The largest absolute Gasteiger partial charge is 0.260 e. The summed E-state index contributed by atoms with van der Waals surface area (Å²) < 4.78 is 0. The van der Waals surface area contributed by atoms with Gasteiger partial charge in [-0.2, -0.15) is 0 Å². The highest BCUT2D eigenvalue weighted by atomic mass is 14.7. The Morgan fingerprint density at radius 1 is 1.23 bits per heavy atom. The molecule has 13 heavy (non-hydrogen) atoms. The van der Waals surface area contributed by atoms with E-state index in [2.05, 4.69) is 16.0 Å². The van der Waals surface area contributed by atoms with Gasteiger partial charge in [-0.05, 0) is 25.1 Å². The summed E-state index contributed by atoms with van der Waals surface area (Å²) in [5.74, 6) is 0. The van der Waals surface area contributed by atoms with Crippen LogP contribution in [0.15, 0.2) is 36.7 Å². The summed E-state index contributed by atoms with van der Waals surface area (Å²) in [6.07, 6.45) is 3.45. The van der Waals surface area contributed by atoms with E-state index in [0.717, 1.165) is 17.0 Å². The van der Waals surface area contributed by atoms with Crippen LogP contribution >= 0.6 is 0 Å². The summed E-state index contributed by atoms with van der Waals surface area (Å²) in [4.78, 5) is 8.41. The lowest BCUT2D eigenvalue weighted by Crippen LogP contribution is -1.88. The molecule has 2 nitrogen and oxygen atoms in total. The van der Waals surface area contributed by atoms with Crippen molar-refractivity contribution in [1.82, 2.24) is 9.97 Å². The highest BCUT2D eigenvalue weighted by Gasteiger charge is 2.00. The summed E-state index contributed by atoms with van der Waals surface area (Å²) in [7, 11) is 0. The molecule has 2 rings (SSSR count). The van der Waals surface area contributed by atoms with E-state index < -0.39 is 0 Å². The van der Waals surface area contributed by atoms with Gasteiger partial charge >= 0.3 is 0 Å². The molecule has 0 aliphatic rings. The average Bonchev–Trinajstić information content (AvgIpc) is 2.20. The predicted molar refractivity (Wildman–Crippen MR) is 51.0 cm³/mol. The zero-order valence-electron chi connectivity index (χ0n) is 7.36. The van der Waals surface area contributed by atoms with E-state index in [1.165, 1.54) is 0 Å². The van der Waals surface area contributed by atoms with E-state index in [0.29, 0.717) is 0 Å². The van der Waals surface area contributed by atoms with Crippen LogP contribution in [0, 0.1) is 13.0 Å². The van der Waals surface area contributed by atoms with E-state index in [-0.39, 0.29) is 0 Å². The van der Waals surface area contributed by atoms with Crippen molar-refractivity contribution in [2.24, 2.45) is 0 Å². The number of hydrogen-bond acceptors (Lipinski definition) is 2. The SMILES string of the molecule is Cc1nc[c]cc1-c1ccccn1. The summed E-state index contributed by atoms with van der Waals surface area (Å²) in [6.45, 7) is 1.97.